The van der Waals surface area contributed by atoms with Gasteiger partial charge in [0, 0.05) is 58.9 Å². The van der Waals surface area contributed by atoms with E-state index in [0.717, 1.165) is 0 Å². The van der Waals surface area contributed by atoms with E-state index < -0.39 is 85.5 Å². The Morgan fingerprint density at radius 3 is 2.51 bits per heavy atom. The van der Waals surface area contributed by atoms with E-state index >= 15 is 0 Å². The van der Waals surface area contributed by atoms with Crippen molar-refractivity contribution in [3.8, 4) is 0 Å². The average molecular weight is 713 g/mol. The average Bonchev–Trinajstić information content (AvgIpc) is 3.33. The summed E-state index contributed by atoms with van der Waals surface area (Å²) in [6, 6.07) is 0.133. The number of amides is 2. The Kier molecular flexibility index (Phi) is 15.5. The highest BCUT2D eigenvalue weighted by Crippen LogP contribution is 2.50. The van der Waals surface area contributed by atoms with Crippen LogP contribution in [0.2, 0.25) is 0 Å². The number of aromatic amines is 1. The van der Waals surface area contributed by atoms with E-state index in [1.807, 2.05) is 0 Å². The van der Waals surface area contributed by atoms with Crippen molar-refractivity contribution in [3.05, 3.63) is 33.1 Å². The summed E-state index contributed by atoms with van der Waals surface area (Å²) in [5.74, 6) is -1.24. The van der Waals surface area contributed by atoms with Gasteiger partial charge in [0.2, 0.25) is 11.8 Å². The molecule has 20 heteroatoms. The molecule has 2 saturated heterocycles. The Labute approximate surface area is 275 Å². The van der Waals surface area contributed by atoms with Gasteiger partial charge in [-0.1, -0.05) is 0 Å². The number of nitrogens with zero attached hydrogens (tertiary/aromatic N) is 1. The van der Waals surface area contributed by atoms with Crippen molar-refractivity contribution < 1.29 is 57.8 Å². The maximum atomic E-state index is 12.6. The number of ether oxygens (including phenoxy) is 4. The lowest BCUT2D eigenvalue weighted by Crippen LogP contribution is -2.64. The zero-order chi connectivity index (χ0) is 34.7. The fourth-order valence-electron chi connectivity index (χ4n) is 5.50. The topological polar surface area (TPSA) is 249 Å². The number of H-pyrrole nitrogens is 1. The molecule has 2 fully saturated rings. The Bertz CT molecular complexity index is 1330. The lowest BCUT2D eigenvalue weighted by molar-refractivity contribution is -0.270. The van der Waals surface area contributed by atoms with E-state index in [1.54, 1.807) is 0 Å². The van der Waals surface area contributed by atoms with Gasteiger partial charge in [-0.25, -0.2) is 4.79 Å². The Balaban J connectivity index is 1.51. The summed E-state index contributed by atoms with van der Waals surface area (Å²) < 4.78 is 34.5. The summed E-state index contributed by atoms with van der Waals surface area (Å²) >= 11 is 5.07. The number of aliphatic hydroxyl groups is 3. The third-order valence-corrected chi connectivity index (χ3v) is 9.45. The molecule has 0 aromatic carbocycles. The van der Waals surface area contributed by atoms with Gasteiger partial charge in [-0.2, -0.15) is 0 Å². The molecule has 3 rings (SSSR count). The third-order valence-electron chi connectivity index (χ3n) is 7.78. The first-order valence-corrected chi connectivity index (χ1v) is 17.7. The molecule has 10 atom stereocenters. The van der Waals surface area contributed by atoms with Gasteiger partial charge in [0.05, 0.1) is 13.2 Å². The molecular weight excluding hydrogens is 667 g/mol. The van der Waals surface area contributed by atoms with Crippen LogP contribution in [0.1, 0.15) is 45.3 Å². The quantitative estimate of drug-likeness (QED) is 0.0641. The summed E-state index contributed by atoms with van der Waals surface area (Å²) in [5.41, 5.74) is -1.27. The van der Waals surface area contributed by atoms with Gasteiger partial charge in [-0.15, -0.1) is 0 Å². The monoisotopic (exact) mass is 712 g/mol. The van der Waals surface area contributed by atoms with Gasteiger partial charge in [-0.3, -0.25) is 23.9 Å². The minimum absolute atomic E-state index is 0.0561. The van der Waals surface area contributed by atoms with Gasteiger partial charge in [0.1, 0.15) is 42.8 Å². The molecular formula is C27H45N4O14PS. The summed E-state index contributed by atoms with van der Waals surface area (Å²) in [5, 5.41) is 35.2. The smallest absolute Gasteiger partial charge is 0.330 e. The number of aromatic nitrogens is 2. The van der Waals surface area contributed by atoms with Crippen molar-refractivity contribution in [2.75, 3.05) is 40.6 Å². The molecule has 0 radical (unpaired) electrons. The number of hydrogen-bond acceptors (Lipinski definition) is 14. The molecule has 18 nitrogen and oxygen atoms in total. The van der Waals surface area contributed by atoms with Crippen molar-refractivity contribution in [2.24, 2.45) is 5.92 Å². The lowest BCUT2D eigenvalue weighted by atomic mass is 9.94. The van der Waals surface area contributed by atoms with Crippen LogP contribution in [-0.4, -0.2) is 125 Å². The molecule has 2 amide bonds. The van der Waals surface area contributed by atoms with Crippen molar-refractivity contribution in [1.29, 1.82) is 0 Å². The molecule has 0 spiro atoms. The Morgan fingerprint density at radius 1 is 1.13 bits per heavy atom. The van der Waals surface area contributed by atoms with Crippen molar-refractivity contribution in [2.45, 2.75) is 88.1 Å². The maximum Gasteiger partial charge on any atom is 0.330 e. The molecule has 0 aliphatic carbocycles. The summed E-state index contributed by atoms with van der Waals surface area (Å²) in [6.07, 6.45) is -4.35. The molecule has 3 heterocycles. The minimum atomic E-state index is -3.65. The van der Waals surface area contributed by atoms with Crippen LogP contribution in [-0.2, 0) is 49.4 Å². The number of carbonyl (C=O) groups excluding carboxylic acids is 2. The lowest BCUT2D eigenvalue weighted by Gasteiger charge is -2.42. The molecule has 2 unspecified atom stereocenters. The van der Waals surface area contributed by atoms with Crippen LogP contribution in [0, 0.1) is 5.92 Å². The molecule has 2 aliphatic rings. The number of methoxy groups -OCH3 is 1. The van der Waals surface area contributed by atoms with E-state index in [-0.39, 0.29) is 32.1 Å². The highest BCUT2D eigenvalue weighted by molar-refractivity contribution is 8.07. The van der Waals surface area contributed by atoms with Crippen LogP contribution >= 0.6 is 6.72 Å². The van der Waals surface area contributed by atoms with Crippen LogP contribution in [0.5, 0.6) is 0 Å². The number of carbonyl (C=O) groups is 2. The molecule has 47 heavy (non-hydrogen) atoms. The van der Waals surface area contributed by atoms with Gasteiger partial charge in [0.15, 0.2) is 6.29 Å². The molecule has 268 valence electrons. The van der Waals surface area contributed by atoms with Crippen molar-refractivity contribution >= 4 is 30.3 Å². The standard InChI is InChI=1S/C27H45N4O14PS/c1-15(33)29-21-23(37)22(36)17(13-32)44-26(21)42-12-5-4-8-19(34)28-10-6-7-16-24(45-46(39,47)41-3)18(14-40-2)43-25(16)31-11-9-20(35)30-27(31)38/h9,11,16-18,21-26,32,36-37H,4-8,10,12-14H2,1-3H3,(H,28,34)(H,29,33)(H,39,47)(H,30,35,38)/t16?,17-,18-,21-,22+,23-,24-,25-,26-,46?/m1/s1. The van der Waals surface area contributed by atoms with Crippen LogP contribution in [0.25, 0.3) is 0 Å². The number of hydrogen-bond donors (Lipinski definition) is 7. The SMILES string of the molecule is COC[C@H]1O[C@@H](n2ccc(=O)[nH]c2=O)C(CCCNC(=O)CCCCO[C@@H]2O[C@H](CO)[C@H](O)[C@H](O)[C@H]2NC(C)=O)[C@H]1OP(O)(=S)OC. The summed E-state index contributed by atoms with van der Waals surface area (Å²) in [4.78, 5) is 60.9. The fraction of sp³-hybridized carbons (Fsp3) is 0.778. The van der Waals surface area contributed by atoms with Crippen molar-refractivity contribution in [1.82, 2.24) is 20.2 Å². The second-order valence-electron chi connectivity index (χ2n) is 11.2. The first-order valence-electron chi connectivity index (χ1n) is 15.1. The molecule has 0 saturated carbocycles. The molecule has 7 N–H and O–H groups in total. The number of aliphatic hydroxyl groups excluding tert-OH is 3. The second kappa shape index (κ2) is 18.6. The molecule has 1 aromatic heterocycles. The molecule has 0 bridgehead atoms. The van der Waals surface area contributed by atoms with Gasteiger partial charge in [-0.05, 0) is 37.5 Å². The Morgan fingerprint density at radius 2 is 1.87 bits per heavy atom. The molecule has 1 aromatic rings. The molecule has 2 aliphatic heterocycles. The minimum Gasteiger partial charge on any atom is -0.394 e. The zero-order valence-electron chi connectivity index (χ0n) is 26.4. The largest absolute Gasteiger partial charge is 0.394 e. The highest BCUT2D eigenvalue weighted by atomic mass is 32.5. The normalized spacial score (nSPS) is 30.5. The van der Waals surface area contributed by atoms with Crippen LogP contribution in [0.4, 0.5) is 0 Å². The highest BCUT2D eigenvalue weighted by Gasteiger charge is 2.48. The third kappa shape index (κ3) is 11.2. The van der Waals surface area contributed by atoms with E-state index in [1.165, 1.54) is 38.0 Å². The van der Waals surface area contributed by atoms with Crippen molar-refractivity contribution in [3.63, 3.8) is 0 Å². The van der Waals surface area contributed by atoms with Crippen LogP contribution in [0.3, 0.4) is 0 Å². The van der Waals surface area contributed by atoms with E-state index in [0.29, 0.717) is 25.7 Å². The summed E-state index contributed by atoms with van der Waals surface area (Å²) in [7, 11) is 2.67. The number of rotatable bonds is 18. The zero-order valence-corrected chi connectivity index (χ0v) is 28.1. The number of unbranched alkanes of at least 4 members (excludes halogenated alkanes) is 1. The van der Waals surface area contributed by atoms with E-state index in [9.17, 15) is 39.4 Å². The first-order chi connectivity index (χ1) is 22.3. The number of nitrogens with one attached hydrogen (secondary N) is 3. The van der Waals surface area contributed by atoms with Gasteiger partial charge < -0.3 is 58.8 Å². The van der Waals surface area contributed by atoms with Gasteiger partial charge in [0.25, 0.3) is 5.56 Å². The van der Waals surface area contributed by atoms with Gasteiger partial charge >= 0.3 is 12.4 Å². The Hall–Kier alpha value is -2.13. The second-order valence-corrected chi connectivity index (χ2v) is 14.1. The summed E-state index contributed by atoms with van der Waals surface area (Å²) in [6.45, 7) is -2.52. The van der Waals surface area contributed by atoms with E-state index in [4.69, 9.17) is 39.8 Å². The van der Waals surface area contributed by atoms with E-state index in [2.05, 4.69) is 15.6 Å². The van der Waals surface area contributed by atoms with Crippen LogP contribution in [0.15, 0.2) is 21.9 Å². The predicted octanol–water partition coefficient (Wildman–Crippen LogP) is -2.03. The maximum absolute atomic E-state index is 12.6. The fourth-order valence-corrected chi connectivity index (χ4v) is 6.48. The predicted molar refractivity (Wildman–Crippen MR) is 166 cm³/mol. The first kappa shape index (κ1) is 39.3. The van der Waals surface area contributed by atoms with Crippen LogP contribution < -0.4 is 21.9 Å².